The summed E-state index contributed by atoms with van der Waals surface area (Å²) in [6.07, 6.45) is 2.61. The minimum absolute atomic E-state index is 0.0284. The summed E-state index contributed by atoms with van der Waals surface area (Å²) in [5, 5.41) is 11.2. The molecule has 0 aromatic heterocycles. The second-order valence-corrected chi connectivity index (χ2v) is 7.32. The standard InChI is InChI=1S/C16H21N3O4S/c1-10(2)7-8-24-14-6-5-12(9-13(14)19(22)23)16(21)18-17-15(20)11-3-4-11/h5-6,9-11H,3-4,7-8H2,1-2H3,(H,17,20)(H,18,21). The Labute approximate surface area is 144 Å². The lowest BCUT2D eigenvalue weighted by Gasteiger charge is -2.09. The third-order valence-corrected chi connectivity index (χ3v) is 4.71. The average Bonchev–Trinajstić information content (AvgIpc) is 3.36. The Bertz CT molecular complexity index is 644. The number of carbonyl (C=O) groups is 2. The van der Waals surface area contributed by atoms with Gasteiger partial charge in [-0.2, -0.15) is 0 Å². The van der Waals surface area contributed by atoms with Crippen LogP contribution in [-0.2, 0) is 4.79 Å². The predicted molar refractivity (Wildman–Crippen MR) is 91.6 cm³/mol. The van der Waals surface area contributed by atoms with Gasteiger partial charge in [0.05, 0.1) is 9.82 Å². The highest BCUT2D eigenvalue weighted by molar-refractivity contribution is 7.99. The van der Waals surface area contributed by atoms with E-state index < -0.39 is 10.8 Å². The number of thioether (sulfide) groups is 1. The van der Waals surface area contributed by atoms with Crippen molar-refractivity contribution < 1.29 is 14.5 Å². The summed E-state index contributed by atoms with van der Waals surface area (Å²) in [7, 11) is 0. The molecule has 0 aliphatic heterocycles. The summed E-state index contributed by atoms with van der Waals surface area (Å²) in [6.45, 7) is 4.19. The van der Waals surface area contributed by atoms with Crippen molar-refractivity contribution in [3.63, 3.8) is 0 Å². The molecule has 24 heavy (non-hydrogen) atoms. The van der Waals surface area contributed by atoms with Crippen molar-refractivity contribution in [2.24, 2.45) is 11.8 Å². The van der Waals surface area contributed by atoms with Crippen molar-refractivity contribution in [2.75, 3.05) is 5.75 Å². The molecule has 0 unspecified atom stereocenters. The van der Waals surface area contributed by atoms with Gasteiger partial charge in [-0.1, -0.05) is 13.8 Å². The Morgan fingerprint density at radius 1 is 1.33 bits per heavy atom. The van der Waals surface area contributed by atoms with E-state index in [1.165, 1.54) is 23.9 Å². The lowest BCUT2D eigenvalue weighted by Crippen LogP contribution is -2.42. The van der Waals surface area contributed by atoms with E-state index in [-0.39, 0.29) is 23.1 Å². The molecule has 7 nitrogen and oxygen atoms in total. The van der Waals surface area contributed by atoms with E-state index in [0.29, 0.717) is 10.8 Å². The number of nitro groups is 1. The number of carbonyl (C=O) groups excluding carboxylic acids is 2. The van der Waals surface area contributed by atoms with Crippen LogP contribution in [0.3, 0.4) is 0 Å². The lowest BCUT2D eigenvalue weighted by molar-refractivity contribution is -0.387. The van der Waals surface area contributed by atoms with Crippen molar-refractivity contribution in [1.29, 1.82) is 0 Å². The van der Waals surface area contributed by atoms with Crippen LogP contribution in [0.15, 0.2) is 23.1 Å². The van der Waals surface area contributed by atoms with Crippen LogP contribution >= 0.6 is 11.8 Å². The zero-order chi connectivity index (χ0) is 17.7. The first-order chi connectivity index (χ1) is 11.4. The Morgan fingerprint density at radius 3 is 2.62 bits per heavy atom. The second kappa shape index (κ2) is 8.14. The topological polar surface area (TPSA) is 101 Å². The van der Waals surface area contributed by atoms with Gasteiger partial charge in [-0.15, -0.1) is 11.8 Å². The van der Waals surface area contributed by atoms with E-state index in [0.717, 1.165) is 25.0 Å². The number of amides is 2. The van der Waals surface area contributed by atoms with Gasteiger partial charge in [-0.25, -0.2) is 0 Å². The van der Waals surface area contributed by atoms with E-state index >= 15 is 0 Å². The minimum atomic E-state index is -0.564. The number of nitrogens with one attached hydrogen (secondary N) is 2. The second-order valence-electron chi connectivity index (χ2n) is 6.19. The normalized spacial score (nSPS) is 13.6. The minimum Gasteiger partial charge on any atom is -0.273 e. The molecule has 2 amide bonds. The maximum Gasteiger partial charge on any atom is 0.283 e. The first-order valence-electron chi connectivity index (χ1n) is 7.90. The smallest absolute Gasteiger partial charge is 0.273 e. The van der Waals surface area contributed by atoms with Crippen LogP contribution in [0, 0.1) is 22.0 Å². The maximum atomic E-state index is 12.0. The molecule has 1 aromatic carbocycles. The van der Waals surface area contributed by atoms with Gasteiger partial charge in [-0.05, 0) is 43.1 Å². The molecule has 0 saturated heterocycles. The largest absolute Gasteiger partial charge is 0.283 e. The van der Waals surface area contributed by atoms with Crippen molar-refractivity contribution in [3.8, 4) is 0 Å². The molecule has 1 aliphatic rings. The van der Waals surface area contributed by atoms with E-state index in [2.05, 4.69) is 24.7 Å². The molecule has 1 aromatic rings. The fourth-order valence-corrected chi connectivity index (χ4v) is 3.22. The van der Waals surface area contributed by atoms with Gasteiger partial charge in [0, 0.05) is 17.5 Å². The summed E-state index contributed by atoms with van der Waals surface area (Å²) in [6, 6.07) is 4.36. The fraction of sp³-hybridized carbons (Fsp3) is 0.500. The van der Waals surface area contributed by atoms with Crippen LogP contribution in [0.1, 0.15) is 43.5 Å². The number of hydrogen-bond donors (Lipinski definition) is 2. The SMILES string of the molecule is CC(C)CCSc1ccc(C(=O)NNC(=O)C2CC2)cc1[N+](=O)[O-]. The van der Waals surface area contributed by atoms with Crippen molar-refractivity contribution >= 4 is 29.3 Å². The van der Waals surface area contributed by atoms with Gasteiger partial charge in [-0.3, -0.25) is 30.6 Å². The highest BCUT2D eigenvalue weighted by atomic mass is 32.2. The molecular weight excluding hydrogens is 330 g/mol. The number of hydrogen-bond acceptors (Lipinski definition) is 5. The summed E-state index contributed by atoms with van der Waals surface area (Å²) >= 11 is 1.41. The Morgan fingerprint density at radius 2 is 2.04 bits per heavy atom. The monoisotopic (exact) mass is 351 g/mol. The molecule has 1 saturated carbocycles. The predicted octanol–water partition coefficient (Wildman–Crippen LogP) is 2.90. The highest BCUT2D eigenvalue weighted by Crippen LogP contribution is 2.31. The Balaban J connectivity index is 2.02. The molecule has 1 fully saturated rings. The summed E-state index contributed by atoms with van der Waals surface area (Å²) in [5.41, 5.74) is 4.69. The highest BCUT2D eigenvalue weighted by Gasteiger charge is 2.30. The summed E-state index contributed by atoms with van der Waals surface area (Å²) in [5.74, 6) is 0.488. The molecule has 0 heterocycles. The van der Waals surface area contributed by atoms with Crippen molar-refractivity contribution in [2.45, 2.75) is 38.0 Å². The third kappa shape index (κ3) is 5.23. The molecule has 0 radical (unpaired) electrons. The van der Waals surface area contributed by atoms with Gasteiger partial charge >= 0.3 is 0 Å². The first-order valence-corrected chi connectivity index (χ1v) is 8.88. The van der Waals surface area contributed by atoms with E-state index in [1.807, 2.05) is 0 Å². The Kier molecular flexibility index (Phi) is 6.19. The molecule has 0 spiro atoms. The molecule has 8 heteroatoms. The quantitative estimate of drug-likeness (QED) is 0.447. The number of benzene rings is 1. The van der Waals surface area contributed by atoms with Crippen LogP contribution in [-0.4, -0.2) is 22.5 Å². The third-order valence-electron chi connectivity index (χ3n) is 3.62. The molecule has 0 bridgehead atoms. The van der Waals surface area contributed by atoms with Crippen LogP contribution in [0.5, 0.6) is 0 Å². The van der Waals surface area contributed by atoms with Gasteiger partial charge in [0.1, 0.15) is 0 Å². The first kappa shape index (κ1) is 18.3. The van der Waals surface area contributed by atoms with Crippen LogP contribution in [0.2, 0.25) is 0 Å². The molecule has 130 valence electrons. The van der Waals surface area contributed by atoms with Crippen LogP contribution in [0.4, 0.5) is 5.69 Å². The number of hydrazine groups is 1. The molecule has 2 rings (SSSR count). The zero-order valence-electron chi connectivity index (χ0n) is 13.7. The summed E-state index contributed by atoms with van der Waals surface area (Å²) in [4.78, 5) is 34.8. The van der Waals surface area contributed by atoms with E-state index in [4.69, 9.17) is 0 Å². The molecular formula is C16H21N3O4S. The Hall–Kier alpha value is -2.09. The van der Waals surface area contributed by atoms with Crippen molar-refractivity contribution in [1.82, 2.24) is 10.9 Å². The van der Waals surface area contributed by atoms with Gasteiger partial charge in [0.25, 0.3) is 11.6 Å². The number of nitrogens with zero attached hydrogens (tertiary/aromatic N) is 1. The van der Waals surface area contributed by atoms with Gasteiger partial charge in [0.15, 0.2) is 0 Å². The van der Waals surface area contributed by atoms with Crippen LogP contribution in [0.25, 0.3) is 0 Å². The number of nitro benzene ring substituents is 1. The van der Waals surface area contributed by atoms with Crippen molar-refractivity contribution in [3.05, 3.63) is 33.9 Å². The maximum absolute atomic E-state index is 12.0. The van der Waals surface area contributed by atoms with Gasteiger partial charge in [0.2, 0.25) is 5.91 Å². The zero-order valence-corrected chi connectivity index (χ0v) is 14.5. The number of rotatable bonds is 7. The molecule has 0 atom stereocenters. The van der Waals surface area contributed by atoms with E-state index in [1.54, 1.807) is 6.07 Å². The molecule has 1 aliphatic carbocycles. The summed E-state index contributed by atoms with van der Waals surface area (Å²) < 4.78 is 0. The fourth-order valence-electron chi connectivity index (χ4n) is 1.97. The molecule has 2 N–H and O–H groups in total. The average molecular weight is 351 g/mol. The lowest BCUT2D eigenvalue weighted by atomic mass is 10.2. The van der Waals surface area contributed by atoms with Crippen LogP contribution < -0.4 is 10.9 Å². The van der Waals surface area contributed by atoms with E-state index in [9.17, 15) is 19.7 Å². The van der Waals surface area contributed by atoms with Gasteiger partial charge < -0.3 is 0 Å².